The Balaban J connectivity index is 1.56. The molecule has 0 aliphatic heterocycles. The Labute approximate surface area is 160 Å². The van der Waals surface area contributed by atoms with Crippen molar-refractivity contribution in [3.05, 3.63) is 70.8 Å². The van der Waals surface area contributed by atoms with Crippen LogP contribution in [0.1, 0.15) is 26.5 Å². The zero-order valence-electron chi connectivity index (χ0n) is 14.5. The third-order valence-electron chi connectivity index (χ3n) is 3.81. The number of amides is 2. The van der Waals surface area contributed by atoms with Gasteiger partial charge in [-0.25, -0.2) is 4.68 Å². The van der Waals surface area contributed by atoms with E-state index in [9.17, 15) is 9.59 Å². The van der Waals surface area contributed by atoms with Gasteiger partial charge in [-0.05, 0) is 31.2 Å². The topological polar surface area (TPSA) is 102 Å². The summed E-state index contributed by atoms with van der Waals surface area (Å²) in [4.78, 5) is 28.1. The van der Waals surface area contributed by atoms with E-state index in [4.69, 9.17) is 11.6 Å². The maximum Gasteiger partial charge on any atom is 0.273 e. The first-order chi connectivity index (χ1) is 13.1. The second-order valence-corrected chi connectivity index (χ2v) is 6.05. The summed E-state index contributed by atoms with van der Waals surface area (Å²) in [5, 5.41) is 13.9. The van der Waals surface area contributed by atoms with E-state index >= 15 is 0 Å². The minimum Gasteiger partial charge on any atom is -0.350 e. The number of nitrogens with zero attached hydrogens (tertiary/aromatic N) is 4. The summed E-state index contributed by atoms with van der Waals surface area (Å²) in [6, 6.07) is 10.5. The molecular formula is C18H17ClN6O2. The van der Waals surface area contributed by atoms with Gasteiger partial charge in [0.1, 0.15) is 0 Å². The molecule has 0 aliphatic rings. The molecule has 0 fully saturated rings. The lowest BCUT2D eigenvalue weighted by molar-refractivity contribution is 0.0924. The van der Waals surface area contributed by atoms with Crippen LogP contribution in [0.5, 0.6) is 0 Å². The zero-order valence-corrected chi connectivity index (χ0v) is 15.3. The summed E-state index contributed by atoms with van der Waals surface area (Å²) in [5.74, 6) is -0.625. The van der Waals surface area contributed by atoms with Gasteiger partial charge in [-0.15, -0.1) is 5.10 Å². The van der Waals surface area contributed by atoms with Crippen molar-refractivity contribution in [3.63, 3.8) is 0 Å². The van der Waals surface area contributed by atoms with Gasteiger partial charge in [0.05, 0.1) is 22.0 Å². The molecule has 2 heterocycles. The van der Waals surface area contributed by atoms with Crippen molar-refractivity contribution in [2.24, 2.45) is 0 Å². The molecule has 2 aromatic heterocycles. The number of hydrogen-bond donors (Lipinski definition) is 2. The highest BCUT2D eigenvalue weighted by molar-refractivity contribution is 6.32. The highest BCUT2D eigenvalue weighted by Gasteiger charge is 2.18. The molecular weight excluding hydrogens is 368 g/mol. The normalized spacial score (nSPS) is 10.4. The van der Waals surface area contributed by atoms with Crippen molar-refractivity contribution in [2.75, 3.05) is 13.1 Å². The minimum atomic E-state index is -0.374. The Morgan fingerprint density at radius 1 is 1.07 bits per heavy atom. The molecule has 9 heteroatoms. The van der Waals surface area contributed by atoms with Crippen molar-refractivity contribution in [2.45, 2.75) is 6.92 Å². The first-order valence-corrected chi connectivity index (χ1v) is 8.59. The Bertz CT molecular complexity index is 957. The lowest BCUT2D eigenvalue weighted by Crippen LogP contribution is -2.35. The van der Waals surface area contributed by atoms with Crippen molar-refractivity contribution in [1.82, 2.24) is 30.6 Å². The van der Waals surface area contributed by atoms with Gasteiger partial charge in [-0.3, -0.25) is 14.6 Å². The van der Waals surface area contributed by atoms with Crippen molar-refractivity contribution >= 4 is 23.4 Å². The van der Waals surface area contributed by atoms with Crippen LogP contribution in [0.3, 0.4) is 0 Å². The summed E-state index contributed by atoms with van der Waals surface area (Å²) < 4.78 is 1.52. The van der Waals surface area contributed by atoms with Crippen LogP contribution in [0.4, 0.5) is 0 Å². The number of carbonyl (C=O) groups excluding carboxylic acids is 2. The van der Waals surface area contributed by atoms with E-state index in [2.05, 4.69) is 25.9 Å². The first kappa shape index (κ1) is 18.5. The molecule has 1 aromatic carbocycles. The summed E-state index contributed by atoms with van der Waals surface area (Å²) in [6.07, 6.45) is 3.07. The van der Waals surface area contributed by atoms with Crippen molar-refractivity contribution in [1.29, 1.82) is 0 Å². The van der Waals surface area contributed by atoms with Gasteiger partial charge < -0.3 is 10.6 Å². The van der Waals surface area contributed by atoms with E-state index < -0.39 is 0 Å². The number of benzene rings is 1. The lowest BCUT2D eigenvalue weighted by Gasteiger charge is -2.07. The Hall–Kier alpha value is -3.26. The monoisotopic (exact) mass is 384 g/mol. The SMILES string of the molecule is Cc1c(C(=O)NCCNC(=O)c2cccnc2)nnn1-c1ccccc1Cl. The molecule has 0 radical (unpaired) electrons. The smallest absolute Gasteiger partial charge is 0.273 e. The molecule has 0 saturated carbocycles. The number of para-hydroxylation sites is 1. The van der Waals surface area contributed by atoms with E-state index in [0.29, 0.717) is 22.0 Å². The van der Waals surface area contributed by atoms with E-state index in [1.807, 2.05) is 12.1 Å². The van der Waals surface area contributed by atoms with Crippen LogP contribution in [-0.4, -0.2) is 44.9 Å². The molecule has 0 saturated heterocycles. The van der Waals surface area contributed by atoms with Crippen LogP contribution in [0.15, 0.2) is 48.8 Å². The molecule has 0 spiro atoms. The molecule has 0 bridgehead atoms. The maximum atomic E-state index is 12.3. The van der Waals surface area contributed by atoms with E-state index in [0.717, 1.165) is 0 Å². The molecule has 0 unspecified atom stereocenters. The lowest BCUT2D eigenvalue weighted by atomic mass is 10.2. The van der Waals surface area contributed by atoms with Gasteiger partial charge in [0.25, 0.3) is 11.8 Å². The standard InChI is InChI=1S/C18H17ClN6O2/c1-12-16(23-24-25(12)15-7-3-2-6-14(15)19)18(27)22-10-9-21-17(26)13-5-4-8-20-11-13/h2-8,11H,9-10H2,1H3,(H,21,26)(H,22,27). The molecule has 0 aliphatic carbocycles. The molecule has 3 aromatic rings. The van der Waals surface area contributed by atoms with Crippen LogP contribution in [-0.2, 0) is 0 Å². The number of nitrogens with one attached hydrogen (secondary N) is 2. The fourth-order valence-electron chi connectivity index (χ4n) is 2.43. The van der Waals surface area contributed by atoms with Crippen LogP contribution in [0, 0.1) is 6.92 Å². The fourth-order valence-corrected chi connectivity index (χ4v) is 2.64. The van der Waals surface area contributed by atoms with Crippen LogP contribution in [0.2, 0.25) is 5.02 Å². The van der Waals surface area contributed by atoms with Gasteiger partial charge in [-0.2, -0.15) is 0 Å². The summed E-state index contributed by atoms with van der Waals surface area (Å²) in [5.41, 5.74) is 1.88. The van der Waals surface area contributed by atoms with Gasteiger partial charge >= 0.3 is 0 Å². The number of carbonyl (C=O) groups is 2. The molecule has 2 amide bonds. The molecule has 2 N–H and O–H groups in total. The van der Waals surface area contributed by atoms with Crippen LogP contribution in [0.25, 0.3) is 5.69 Å². The number of halogens is 1. The van der Waals surface area contributed by atoms with Crippen molar-refractivity contribution in [3.8, 4) is 5.69 Å². The molecule has 27 heavy (non-hydrogen) atoms. The van der Waals surface area contributed by atoms with Crippen LogP contribution < -0.4 is 10.6 Å². The van der Waals surface area contributed by atoms with Gasteiger partial charge in [0.15, 0.2) is 5.69 Å². The van der Waals surface area contributed by atoms with E-state index in [1.165, 1.54) is 10.9 Å². The Kier molecular flexibility index (Phi) is 5.77. The Morgan fingerprint density at radius 2 is 1.81 bits per heavy atom. The van der Waals surface area contributed by atoms with Gasteiger partial charge in [0, 0.05) is 25.5 Å². The summed E-state index contributed by atoms with van der Waals surface area (Å²) >= 11 is 6.17. The average molecular weight is 385 g/mol. The van der Waals surface area contributed by atoms with Crippen LogP contribution >= 0.6 is 11.6 Å². The number of aromatic nitrogens is 4. The largest absolute Gasteiger partial charge is 0.350 e. The molecule has 3 rings (SSSR count). The third-order valence-corrected chi connectivity index (χ3v) is 4.13. The van der Waals surface area contributed by atoms with Gasteiger partial charge in [-0.1, -0.05) is 28.9 Å². The number of hydrogen-bond acceptors (Lipinski definition) is 5. The quantitative estimate of drug-likeness (QED) is 0.631. The second-order valence-electron chi connectivity index (χ2n) is 5.64. The zero-order chi connectivity index (χ0) is 19.2. The highest BCUT2D eigenvalue weighted by atomic mass is 35.5. The molecule has 0 atom stereocenters. The predicted octanol–water partition coefficient (Wildman–Crippen LogP) is 1.78. The summed E-state index contributed by atoms with van der Waals surface area (Å²) in [7, 11) is 0. The molecule has 138 valence electrons. The number of rotatable bonds is 6. The summed E-state index contributed by atoms with van der Waals surface area (Å²) in [6.45, 7) is 2.27. The van der Waals surface area contributed by atoms with E-state index in [-0.39, 0.29) is 30.6 Å². The third kappa shape index (κ3) is 4.29. The minimum absolute atomic E-state index is 0.202. The first-order valence-electron chi connectivity index (χ1n) is 8.21. The number of pyridine rings is 1. The highest BCUT2D eigenvalue weighted by Crippen LogP contribution is 2.20. The predicted molar refractivity (Wildman–Crippen MR) is 100 cm³/mol. The fraction of sp³-hybridized carbons (Fsp3) is 0.167. The van der Waals surface area contributed by atoms with Gasteiger partial charge in [0.2, 0.25) is 0 Å². The maximum absolute atomic E-state index is 12.3. The van der Waals surface area contributed by atoms with Crippen molar-refractivity contribution < 1.29 is 9.59 Å². The molecule has 8 nitrogen and oxygen atoms in total. The Morgan fingerprint density at radius 3 is 2.52 bits per heavy atom. The second kappa shape index (κ2) is 8.41. The van der Waals surface area contributed by atoms with E-state index in [1.54, 1.807) is 37.4 Å². The average Bonchev–Trinajstić information content (AvgIpc) is 3.07.